The molecule has 2 heterocycles. The van der Waals surface area contributed by atoms with Crippen LogP contribution in [0.5, 0.6) is 0 Å². The van der Waals surface area contributed by atoms with Crippen molar-refractivity contribution in [2.24, 2.45) is 5.73 Å². The van der Waals surface area contributed by atoms with Crippen molar-refractivity contribution in [1.29, 1.82) is 0 Å². The van der Waals surface area contributed by atoms with E-state index >= 15 is 0 Å². The van der Waals surface area contributed by atoms with Gasteiger partial charge in [0.2, 0.25) is 0 Å². The quantitative estimate of drug-likeness (QED) is 0.655. The summed E-state index contributed by atoms with van der Waals surface area (Å²) in [6.07, 6.45) is 2.90. The summed E-state index contributed by atoms with van der Waals surface area (Å²) >= 11 is 0. The fourth-order valence-electron chi connectivity index (χ4n) is 3.90. The van der Waals surface area contributed by atoms with Crippen LogP contribution < -0.4 is 5.73 Å². The molecule has 3 aromatic rings. The van der Waals surface area contributed by atoms with Crippen molar-refractivity contribution in [2.75, 3.05) is 0 Å². The topological polar surface area (TPSA) is 67.6 Å². The van der Waals surface area contributed by atoms with Gasteiger partial charge in [0.15, 0.2) is 0 Å². The average Bonchev–Trinajstić information content (AvgIpc) is 3.14. The van der Waals surface area contributed by atoms with E-state index in [1.54, 1.807) is 12.4 Å². The van der Waals surface area contributed by atoms with Crippen molar-refractivity contribution in [3.05, 3.63) is 60.0 Å². The Labute approximate surface area is 161 Å². The van der Waals surface area contributed by atoms with Crippen LogP contribution in [0, 0.1) is 0 Å². The summed E-state index contributed by atoms with van der Waals surface area (Å²) in [5.74, 6) is 0.304. The third kappa shape index (κ3) is 3.67. The second kappa shape index (κ2) is 7.39. The number of pyridine rings is 1. The fraction of sp³-hybridized carbons (Fsp3) is 0.333. The van der Waals surface area contributed by atoms with Crippen LogP contribution in [0.1, 0.15) is 42.9 Å². The molecule has 1 aliphatic rings. The molecule has 7 heteroatoms. The zero-order chi connectivity index (χ0) is 19.7. The molecule has 28 heavy (non-hydrogen) atoms. The highest BCUT2D eigenvalue weighted by atomic mass is 19.4. The second-order valence-corrected chi connectivity index (χ2v) is 7.28. The monoisotopic (exact) mass is 386 g/mol. The molecular formula is C21H21F3N4. The Balaban J connectivity index is 1.77. The zero-order valence-electron chi connectivity index (χ0n) is 15.2. The molecule has 1 fully saturated rings. The fourth-order valence-corrected chi connectivity index (χ4v) is 3.90. The Morgan fingerprint density at radius 1 is 0.893 bits per heavy atom. The standard InChI is InChI=1S/C21H21F3N4/c22-21(23,24)16-5-1-14(2-6-16)19-18(13-9-11-26-12-10-13)20(28-27-19)15-3-7-17(25)8-4-15/h1-2,5-6,9-12,15,17H,3-4,7-8,25H2,(H,27,28)/t15-,17+. The van der Waals surface area contributed by atoms with E-state index in [-0.39, 0.29) is 6.04 Å². The Hall–Kier alpha value is -2.67. The third-order valence-corrected chi connectivity index (χ3v) is 5.43. The average molecular weight is 386 g/mol. The lowest BCUT2D eigenvalue weighted by molar-refractivity contribution is -0.137. The van der Waals surface area contributed by atoms with E-state index in [1.807, 2.05) is 12.1 Å². The van der Waals surface area contributed by atoms with Crippen molar-refractivity contribution in [3.63, 3.8) is 0 Å². The number of halogens is 3. The lowest BCUT2D eigenvalue weighted by Crippen LogP contribution is -2.26. The van der Waals surface area contributed by atoms with E-state index in [1.165, 1.54) is 12.1 Å². The highest BCUT2D eigenvalue weighted by Gasteiger charge is 2.31. The number of benzene rings is 1. The van der Waals surface area contributed by atoms with Crippen molar-refractivity contribution in [2.45, 2.75) is 43.8 Å². The molecule has 1 aromatic carbocycles. The molecule has 0 radical (unpaired) electrons. The van der Waals surface area contributed by atoms with E-state index < -0.39 is 11.7 Å². The highest BCUT2D eigenvalue weighted by Crippen LogP contribution is 2.41. The number of aromatic amines is 1. The number of hydrogen-bond donors (Lipinski definition) is 2. The molecule has 0 aliphatic heterocycles. The molecule has 4 rings (SSSR count). The lowest BCUT2D eigenvalue weighted by atomic mass is 9.82. The van der Waals surface area contributed by atoms with E-state index in [9.17, 15) is 13.2 Å². The van der Waals surface area contributed by atoms with Crippen molar-refractivity contribution in [3.8, 4) is 22.4 Å². The van der Waals surface area contributed by atoms with E-state index in [2.05, 4.69) is 15.2 Å². The Kier molecular flexibility index (Phi) is 4.93. The van der Waals surface area contributed by atoms with Gasteiger partial charge in [0.1, 0.15) is 5.69 Å². The molecule has 0 spiro atoms. The number of rotatable bonds is 3. The molecule has 0 bridgehead atoms. The molecule has 0 atom stereocenters. The summed E-state index contributed by atoms with van der Waals surface area (Å²) < 4.78 is 38.7. The van der Waals surface area contributed by atoms with E-state index in [4.69, 9.17) is 5.73 Å². The first-order chi connectivity index (χ1) is 13.4. The van der Waals surface area contributed by atoms with Gasteiger partial charge >= 0.3 is 6.18 Å². The number of aromatic nitrogens is 3. The summed E-state index contributed by atoms with van der Waals surface area (Å²) in [5.41, 5.74) is 9.58. The zero-order valence-corrected chi connectivity index (χ0v) is 15.2. The number of H-pyrrole nitrogens is 1. The predicted molar refractivity (Wildman–Crippen MR) is 101 cm³/mol. The van der Waals surface area contributed by atoms with Gasteiger partial charge in [-0.25, -0.2) is 0 Å². The highest BCUT2D eigenvalue weighted by molar-refractivity contribution is 5.83. The van der Waals surface area contributed by atoms with Crippen molar-refractivity contribution in [1.82, 2.24) is 15.2 Å². The third-order valence-electron chi connectivity index (χ3n) is 5.43. The number of alkyl halides is 3. The molecule has 0 saturated heterocycles. The van der Waals surface area contributed by atoms with Gasteiger partial charge in [-0.1, -0.05) is 12.1 Å². The van der Waals surface area contributed by atoms with Crippen molar-refractivity contribution >= 4 is 0 Å². The van der Waals surface area contributed by atoms with Gasteiger partial charge in [-0.15, -0.1) is 0 Å². The second-order valence-electron chi connectivity index (χ2n) is 7.28. The maximum absolute atomic E-state index is 12.9. The number of nitrogens with two attached hydrogens (primary N) is 1. The van der Waals surface area contributed by atoms with Crippen LogP contribution in [0.15, 0.2) is 48.8 Å². The van der Waals surface area contributed by atoms with Gasteiger partial charge in [-0.3, -0.25) is 10.1 Å². The molecule has 3 N–H and O–H groups in total. The minimum atomic E-state index is -4.36. The molecule has 2 aromatic heterocycles. The molecule has 146 valence electrons. The summed E-state index contributed by atoms with van der Waals surface area (Å²) in [4.78, 5) is 4.08. The molecule has 4 nitrogen and oxygen atoms in total. The Morgan fingerprint density at radius 2 is 1.54 bits per heavy atom. The first-order valence-corrected chi connectivity index (χ1v) is 9.35. The summed E-state index contributed by atoms with van der Waals surface area (Å²) in [5, 5.41) is 7.66. The molecular weight excluding hydrogens is 365 g/mol. The van der Waals surface area contributed by atoms with Crippen LogP contribution in [-0.2, 0) is 6.18 Å². The number of hydrogen-bond acceptors (Lipinski definition) is 3. The predicted octanol–water partition coefficient (Wildman–Crippen LogP) is 5.14. The normalized spacial score (nSPS) is 20.3. The van der Waals surface area contributed by atoms with Crippen LogP contribution in [-0.4, -0.2) is 21.2 Å². The van der Waals surface area contributed by atoms with Crippen LogP contribution in [0.25, 0.3) is 22.4 Å². The number of nitrogens with one attached hydrogen (secondary N) is 1. The first kappa shape index (κ1) is 18.7. The Morgan fingerprint density at radius 3 is 2.14 bits per heavy atom. The summed E-state index contributed by atoms with van der Waals surface area (Å²) in [7, 11) is 0. The van der Waals surface area contributed by atoms with Gasteiger partial charge in [-0.05, 0) is 55.5 Å². The van der Waals surface area contributed by atoms with Crippen LogP contribution in [0.4, 0.5) is 13.2 Å². The minimum absolute atomic E-state index is 0.234. The maximum atomic E-state index is 12.9. The van der Waals surface area contributed by atoms with Gasteiger partial charge in [0.05, 0.1) is 5.56 Å². The van der Waals surface area contributed by atoms with Gasteiger partial charge in [-0.2, -0.15) is 18.3 Å². The lowest BCUT2D eigenvalue weighted by Gasteiger charge is -2.26. The smallest absolute Gasteiger partial charge is 0.328 e. The van der Waals surface area contributed by atoms with E-state index in [0.717, 1.165) is 54.6 Å². The number of nitrogens with zero attached hydrogens (tertiary/aromatic N) is 2. The van der Waals surface area contributed by atoms with Crippen LogP contribution in [0.2, 0.25) is 0 Å². The molecule has 0 amide bonds. The Bertz CT molecular complexity index is 925. The summed E-state index contributed by atoms with van der Waals surface area (Å²) in [6.45, 7) is 0. The summed E-state index contributed by atoms with van der Waals surface area (Å²) in [6, 6.07) is 9.18. The largest absolute Gasteiger partial charge is 0.416 e. The van der Waals surface area contributed by atoms with Gasteiger partial charge in [0.25, 0.3) is 0 Å². The maximum Gasteiger partial charge on any atom is 0.416 e. The SMILES string of the molecule is N[C@H]1CC[C@@H](c2[nH]nc(-c3ccc(C(F)(F)F)cc3)c2-c2ccncc2)CC1. The first-order valence-electron chi connectivity index (χ1n) is 9.35. The van der Waals surface area contributed by atoms with Crippen LogP contribution >= 0.6 is 0 Å². The molecule has 1 saturated carbocycles. The van der Waals surface area contributed by atoms with Crippen LogP contribution in [0.3, 0.4) is 0 Å². The molecule has 1 aliphatic carbocycles. The molecule has 0 unspecified atom stereocenters. The van der Waals surface area contributed by atoms with Crippen molar-refractivity contribution < 1.29 is 13.2 Å². The minimum Gasteiger partial charge on any atom is -0.328 e. The van der Waals surface area contributed by atoms with Gasteiger partial charge < -0.3 is 5.73 Å². The van der Waals surface area contributed by atoms with E-state index in [0.29, 0.717) is 17.2 Å². The van der Waals surface area contributed by atoms with Gasteiger partial charge in [0, 0.05) is 41.2 Å².